The molecule has 100 valence electrons. The fraction of sp³-hybridized carbons (Fsp3) is 0.583. The minimum absolute atomic E-state index is 0.178. The van der Waals surface area contributed by atoms with Crippen LogP contribution in [0.15, 0.2) is 5.51 Å². The summed E-state index contributed by atoms with van der Waals surface area (Å²) in [6.07, 6.45) is 4.76. The lowest BCUT2D eigenvalue weighted by Crippen LogP contribution is -2.00. The number of carbonyl (C=O) groups excluding carboxylic acids is 1. The molecule has 1 heterocycles. The summed E-state index contributed by atoms with van der Waals surface area (Å²) >= 11 is 1.16. The van der Waals surface area contributed by atoms with Gasteiger partial charge in [0.25, 0.3) is 0 Å². The maximum Gasteiger partial charge on any atom is 0.347 e. The van der Waals surface area contributed by atoms with Gasteiger partial charge in [-0.15, -0.1) is 11.3 Å². The van der Waals surface area contributed by atoms with Crippen molar-refractivity contribution in [2.75, 3.05) is 7.11 Å². The van der Waals surface area contributed by atoms with Crippen molar-refractivity contribution in [1.29, 1.82) is 0 Å². The molecule has 0 aromatic carbocycles. The normalized spacial score (nSPS) is 10.3. The Morgan fingerprint density at radius 1 is 1.33 bits per heavy atom. The van der Waals surface area contributed by atoms with Crippen molar-refractivity contribution in [2.24, 2.45) is 0 Å². The molecule has 0 spiro atoms. The van der Waals surface area contributed by atoms with E-state index in [-0.39, 0.29) is 5.97 Å². The van der Waals surface area contributed by atoms with Crippen LogP contribution in [-0.2, 0) is 16.0 Å². The van der Waals surface area contributed by atoms with E-state index in [4.69, 9.17) is 5.11 Å². The maximum atomic E-state index is 10.9. The van der Waals surface area contributed by atoms with Gasteiger partial charge < -0.3 is 9.84 Å². The van der Waals surface area contributed by atoms with E-state index in [1.807, 2.05) is 0 Å². The Labute approximate surface area is 110 Å². The van der Waals surface area contributed by atoms with Gasteiger partial charge in [0.15, 0.2) is 0 Å². The van der Waals surface area contributed by atoms with Gasteiger partial charge in [0.05, 0.1) is 18.3 Å². The highest BCUT2D eigenvalue weighted by atomic mass is 32.1. The van der Waals surface area contributed by atoms with Crippen molar-refractivity contribution in [2.45, 2.75) is 38.5 Å². The van der Waals surface area contributed by atoms with Crippen molar-refractivity contribution < 1.29 is 19.4 Å². The molecule has 1 aromatic heterocycles. The van der Waals surface area contributed by atoms with E-state index >= 15 is 0 Å². The monoisotopic (exact) mass is 271 g/mol. The van der Waals surface area contributed by atoms with Gasteiger partial charge >= 0.3 is 11.9 Å². The number of aryl methyl sites for hydroxylation is 1. The summed E-state index contributed by atoms with van der Waals surface area (Å²) in [6.45, 7) is 0. The van der Waals surface area contributed by atoms with Crippen LogP contribution < -0.4 is 0 Å². The molecule has 0 aliphatic rings. The first-order valence-corrected chi connectivity index (χ1v) is 6.75. The number of nitrogens with zero attached hydrogens (tertiary/aromatic N) is 1. The summed E-state index contributed by atoms with van der Waals surface area (Å²) < 4.78 is 4.54. The van der Waals surface area contributed by atoms with E-state index in [2.05, 4.69) is 9.72 Å². The quantitative estimate of drug-likeness (QED) is 0.580. The topological polar surface area (TPSA) is 76.5 Å². The van der Waals surface area contributed by atoms with E-state index in [9.17, 15) is 9.59 Å². The van der Waals surface area contributed by atoms with Crippen LogP contribution in [0.5, 0.6) is 0 Å². The number of aromatic carboxylic acids is 1. The van der Waals surface area contributed by atoms with Crippen LogP contribution in [0, 0.1) is 0 Å². The number of carboxylic acid groups (broad SMARTS) is 1. The van der Waals surface area contributed by atoms with Gasteiger partial charge in [-0.25, -0.2) is 9.78 Å². The average molecular weight is 271 g/mol. The fourth-order valence-electron chi connectivity index (χ4n) is 1.64. The number of aromatic nitrogens is 1. The zero-order valence-corrected chi connectivity index (χ0v) is 11.2. The van der Waals surface area contributed by atoms with Crippen molar-refractivity contribution in [3.8, 4) is 0 Å². The summed E-state index contributed by atoms with van der Waals surface area (Å²) in [7, 11) is 1.39. The van der Waals surface area contributed by atoms with Gasteiger partial charge in [-0.05, 0) is 19.3 Å². The first-order chi connectivity index (χ1) is 8.65. The molecule has 0 aliphatic heterocycles. The predicted octanol–water partition coefficient (Wildman–Crippen LogP) is 2.51. The van der Waals surface area contributed by atoms with Gasteiger partial charge in [-0.1, -0.05) is 12.8 Å². The zero-order chi connectivity index (χ0) is 13.4. The molecule has 0 atom stereocenters. The Morgan fingerprint density at radius 2 is 2.06 bits per heavy atom. The molecule has 0 fully saturated rings. The molecule has 5 nitrogen and oxygen atoms in total. The molecular weight excluding hydrogens is 254 g/mol. The van der Waals surface area contributed by atoms with Crippen LogP contribution in [0.2, 0.25) is 0 Å². The molecular formula is C12H17NO4S. The Balaban J connectivity index is 2.16. The lowest BCUT2D eigenvalue weighted by molar-refractivity contribution is -0.140. The number of esters is 1. The molecule has 0 radical (unpaired) electrons. The van der Waals surface area contributed by atoms with E-state index in [0.29, 0.717) is 23.4 Å². The number of rotatable bonds is 8. The highest BCUT2D eigenvalue weighted by Crippen LogP contribution is 2.16. The van der Waals surface area contributed by atoms with Crippen LogP contribution >= 0.6 is 11.3 Å². The van der Waals surface area contributed by atoms with E-state index < -0.39 is 5.97 Å². The number of carboxylic acids is 1. The molecule has 0 unspecified atom stereocenters. The third kappa shape index (κ3) is 4.83. The lowest BCUT2D eigenvalue weighted by atomic mass is 10.1. The Kier molecular flexibility index (Phi) is 6.35. The first kappa shape index (κ1) is 14.6. The van der Waals surface area contributed by atoms with Crippen LogP contribution in [0.1, 0.15) is 47.5 Å². The summed E-state index contributed by atoms with van der Waals surface area (Å²) in [5, 5.41) is 8.90. The molecule has 0 aliphatic carbocycles. The standard InChI is InChI=1S/C12H17NO4S/c1-17-10(14)7-5-3-2-4-6-9-11(12(15)16)18-8-13-9/h8H,2-7H2,1H3,(H,15,16). The second-order valence-corrected chi connectivity index (χ2v) is 4.78. The van der Waals surface area contributed by atoms with Crippen molar-refractivity contribution in [3.63, 3.8) is 0 Å². The lowest BCUT2D eigenvalue weighted by Gasteiger charge is -2.01. The smallest absolute Gasteiger partial charge is 0.347 e. The third-order valence-electron chi connectivity index (χ3n) is 2.61. The van der Waals surface area contributed by atoms with E-state index in [1.54, 1.807) is 5.51 Å². The summed E-state index contributed by atoms with van der Waals surface area (Å²) in [5.74, 6) is -1.08. The van der Waals surface area contributed by atoms with Crippen LogP contribution in [0.3, 0.4) is 0 Å². The average Bonchev–Trinajstić information content (AvgIpc) is 2.81. The van der Waals surface area contributed by atoms with Crippen LogP contribution in [0.25, 0.3) is 0 Å². The number of unbranched alkanes of at least 4 members (excludes halogenated alkanes) is 3. The molecule has 18 heavy (non-hydrogen) atoms. The summed E-state index contributed by atoms with van der Waals surface area (Å²) in [5.41, 5.74) is 2.23. The Morgan fingerprint density at radius 3 is 2.72 bits per heavy atom. The minimum atomic E-state index is -0.904. The van der Waals surface area contributed by atoms with Crippen molar-refractivity contribution in [1.82, 2.24) is 4.98 Å². The number of carbonyl (C=O) groups is 2. The Bertz CT molecular complexity index is 403. The fourth-order valence-corrected chi connectivity index (χ4v) is 2.32. The molecule has 0 bridgehead atoms. The summed E-state index contributed by atoms with van der Waals surface area (Å²) in [6, 6.07) is 0. The molecule has 0 amide bonds. The predicted molar refractivity (Wildman–Crippen MR) is 67.9 cm³/mol. The molecule has 1 N–H and O–H groups in total. The van der Waals surface area contributed by atoms with Gasteiger partial charge in [0, 0.05) is 6.42 Å². The van der Waals surface area contributed by atoms with E-state index in [1.165, 1.54) is 7.11 Å². The number of ether oxygens (including phenoxy) is 1. The third-order valence-corrected chi connectivity index (χ3v) is 3.46. The second kappa shape index (κ2) is 7.81. The SMILES string of the molecule is COC(=O)CCCCCCc1ncsc1C(=O)O. The van der Waals surface area contributed by atoms with Crippen LogP contribution in [-0.4, -0.2) is 29.1 Å². The molecule has 6 heteroatoms. The van der Waals surface area contributed by atoms with E-state index in [0.717, 1.165) is 37.0 Å². The first-order valence-electron chi connectivity index (χ1n) is 5.87. The minimum Gasteiger partial charge on any atom is -0.477 e. The van der Waals surface area contributed by atoms with Crippen molar-refractivity contribution in [3.05, 3.63) is 16.1 Å². The molecule has 1 rings (SSSR count). The molecule has 1 aromatic rings. The highest BCUT2D eigenvalue weighted by molar-refractivity contribution is 7.11. The van der Waals surface area contributed by atoms with Crippen LogP contribution in [0.4, 0.5) is 0 Å². The van der Waals surface area contributed by atoms with Gasteiger partial charge in [-0.2, -0.15) is 0 Å². The maximum absolute atomic E-state index is 10.9. The van der Waals surface area contributed by atoms with Crippen molar-refractivity contribution >= 4 is 23.3 Å². The van der Waals surface area contributed by atoms with Gasteiger partial charge in [-0.3, -0.25) is 4.79 Å². The second-order valence-electron chi connectivity index (χ2n) is 3.92. The number of methoxy groups -OCH3 is 1. The molecule has 0 saturated heterocycles. The summed E-state index contributed by atoms with van der Waals surface area (Å²) in [4.78, 5) is 26.1. The number of thiazole rings is 1. The number of hydrogen-bond acceptors (Lipinski definition) is 5. The van der Waals surface area contributed by atoms with Gasteiger partial charge in [0.1, 0.15) is 4.88 Å². The zero-order valence-electron chi connectivity index (χ0n) is 10.3. The number of hydrogen-bond donors (Lipinski definition) is 1. The largest absolute Gasteiger partial charge is 0.477 e. The highest BCUT2D eigenvalue weighted by Gasteiger charge is 2.12. The van der Waals surface area contributed by atoms with Gasteiger partial charge in [0.2, 0.25) is 0 Å². The Hall–Kier alpha value is -1.43. The molecule has 0 saturated carbocycles.